The minimum atomic E-state index is -0.263. The van der Waals surface area contributed by atoms with Crippen LogP contribution in [0.25, 0.3) is 0 Å². The minimum absolute atomic E-state index is 0.263. The summed E-state index contributed by atoms with van der Waals surface area (Å²) in [5.41, 5.74) is 0. The number of rotatable bonds is 6. The lowest BCUT2D eigenvalue weighted by molar-refractivity contribution is 0.0855. The van der Waals surface area contributed by atoms with Gasteiger partial charge in [0.15, 0.2) is 0 Å². The van der Waals surface area contributed by atoms with Gasteiger partial charge in [-0.2, -0.15) is 0 Å². The minimum Gasteiger partial charge on any atom is -0.392 e. The Morgan fingerprint density at radius 1 is 1.17 bits per heavy atom. The van der Waals surface area contributed by atoms with E-state index in [-0.39, 0.29) is 6.10 Å². The molecule has 0 aliphatic carbocycles. The number of aliphatic hydroxyl groups is 1. The molecule has 0 fully saturated rings. The Kier molecular flexibility index (Phi) is 5.73. The lowest BCUT2D eigenvalue weighted by Crippen LogP contribution is -2.24. The maximum absolute atomic E-state index is 9.69. The molecule has 0 rings (SSSR count). The lowest BCUT2D eigenvalue weighted by Gasteiger charge is -2.24. The zero-order valence-electron chi connectivity index (χ0n) is 8.16. The molecule has 0 aliphatic heterocycles. The zero-order chi connectivity index (χ0) is 9.56. The Bertz CT molecular complexity index is 138. The van der Waals surface area contributed by atoms with Crippen molar-refractivity contribution in [1.82, 2.24) is 0 Å². The van der Waals surface area contributed by atoms with Crippen molar-refractivity contribution in [2.45, 2.75) is 32.8 Å². The second kappa shape index (κ2) is 6.01. The fourth-order valence-corrected chi connectivity index (χ4v) is 1.41. The zero-order valence-corrected chi connectivity index (χ0v) is 8.16. The van der Waals surface area contributed by atoms with E-state index in [9.17, 15) is 5.11 Å². The average Bonchev–Trinajstić information content (AvgIpc) is 1.99. The summed E-state index contributed by atoms with van der Waals surface area (Å²) in [4.78, 5) is 0. The van der Waals surface area contributed by atoms with Gasteiger partial charge >= 0.3 is 0 Å². The Morgan fingerprint density at radius 2 is 1.67 bits per heavy atom. The summed E-state index contributed by atoms with van der Waals surface area (Å²) in [6.45, 7) is 11.6. The Balaban J connectivity index is 4.07. The second-order valence-electron chi connectivity index (χ2n) is 3.52. The molecule has 1 unspecified atom stereocenters. The normalized spacial score (nSPS) is 15.7. The molecule has 0 aromatic carbocycles. The predicted octanol–water partition coefficient (Wildman–Crippen LogP) is 2.77. The summed E-state index contributed by atoms with van der Waals surface area (Å²) >= 11 is 0. The summed E-state index contributed by atoms with van der Waals surface area (Å²) in [7, 11) is 0. The highest BCUT2D eigenvalue weighted by Gasteiger charge is 2.19. The maximum atomic E-state index is 9.69. The number of hydrogen-bond acceptors (Lipinski definition) is 1. The summed E-state index contributed by atoms with van der Waals surface area (Å²) < 4.78 is 0. The first-order chi connectivity index (χ1) is 5.63. The van der Waals surface area contributed by atoms with Crippen molar-refractivity contribution in [3.63, 3.8) is 0 Å². The van der Waals surface area contributed by atoms with Gasteiger partial charge in [-0.1, -0.05) is 26.0 Å². The van der Waals surface area contributed by atoms with Gasteiger partial charge in [0, 0.05) is 0 Å². The SMILES string of the molecule is C=CCC(C(C)C)[C@@H](O)CC=C. The molecule has 1 heteroatoms. The molecular formula is C11H20O. The molecule has 0 radical (unpaired) electrons. The molecule has 0 spiro atoms. The highest BCUT2D eigenvalue weighted by Crippen LogP contribution is 2.21. The molecule has 0 saturated carbocycles. The molecule has 1 nitrogen and oxygen atoms in total. The summed E-state index contributed by atoms with van der Waals surface area (Å²) in [5.74, 6) is 0.818. The van der Waals surface area contributed by atoms with Crippen LogP contribution in [0.15, 0.2) is 25.3 Å². The van der Waals surface area contributed by atoms with E-state index in [0.717, 1.165) is 6.42 Å². The van der Waals surface area contributed by atoms with Crippen LogP contribution < -0.4 is 0 Å². The number of allylic oxidation sites excluding steroid dienone is 1. The van der Waals surface area contributed by atoms with Gasteiger partial charge in [-0.15, -0.1) is 13.2 Å². The van der Waals surface area contributed by atoms with Crippen molar-refractivity contribution in [1.29, 1.82) is 0 Å². The highest BCUT2D eigenvalue weighted by atomic mass is 16.3. The van der Waals surface area contributed by atoms with Crippen LogP contribution in [-0.4, -0.2) is 11.2 Å². The smallest absolute Gasteiger partial charge is 0.0608 e. The molecule has 0 bridgehead atoms. The number of aliphatic hydroxyl groups excluding tert-OH is 1. The largest absolute Gasteiger partial charge is 0.392 e. The van der Waals surface area contributed by atoms with E-state index in [0.29, 0.717) is 18.3 Å². The Labute approximate surface area is 75.8 Å². The average molecular weight is 168 g/mol. The van der Waals surface area contributed by atoms with Crippen molar-refractivity contribution >= 4 is 0 Å². The van der Waals surface area contributed by atoms with E-state index < -0.39 is 0 Å². The van der Waals surface area contributed by atoms with Gasteiger partial charge < -0.3 is 5.11 Å². The molecule has 0 heterocycles. The fraction of sp³-hybridized carbons (Fsp3) is 0.636. The van der Waals surface area contributed by atoms with Crippen LogP contribution in [0.1, 0.15) is 26.7 Å². The van der Waals surface area contributed by atoms with Gasteiger partial charge in [0.2, 0.25) is 0 Å². The molecule has 2 atom stereocenters. The van der Waals surface area contributed by atoms with Gasteiger partial charge in [-0.25, -0.2) is 0 Å². The molecule has 0 amide bonds. The maximum Gasteiger partial charge on any atom is 0.0608 e. The Hall–Kier alpha value is -0.560. The topological polar surface area (TPSA) is 20.2 Å². The van der Waals surface area contributed by atoms with Crippen molar-refractivity contribution in [3.05, 3.63) is 25.3 Å². The van der Waals surface area contributed by atoms with E-state index in [1.807, 2.05) is 6.08 Å². The molecule has 0 aliphatic rings. The summed E-state index contributed by atoms with van der Waals surface area (Å²) in [6, 6.07) is 0. The van der Waals surface area contributed by atoms with E-state index in [1.54, 1.807) is 6.08 Å². The first-order valence-corrected chi connectivity index (χ1v) is 4.53. The van der Waals surface area contributed by atoms with Crippen LogP contribution in [0.3, 0.4) is 0 Å². The van der Waals surface area contributed by atoms with Crippen LogP contribution in [-0.2, 0) is 0 Å². The van der Waals surface area contributed by atoms with E-state index in [2.05, 4.69) is 27.0 Å². The summed E-state index contributed by atoms with van der Waals surface area (Å²) in [5, 5.41) is 9.69. The fourth-order valence-electron chi connectivity index (χ4n) is 1.41. The highest BCUT2D eigenvalue weighted by molar-refractivity contribution is 4.84. The van der Waals surface area contributed by atoms with Gasteiger partial charge in [0.25, 0.3) is 0 Å². The van der Waals surface area contributed by atoms with E-state index in [1.165, 1.54) is 0 Å². The van der Waals surface area contributed by atoms with Crippen LogP contribution >= 0.6 is 0 Å². The van der Waals surface area contributed by atoms with Crippen LogP contribution in [0.2, 0.25) is 0 Å². The predicted molar refractivity (Wildman–Crippen MR) is 54.0 cm³/mol. The monoisotopic (exact) mass is 168 g/mol. The third kappa shape index (κ3) is 3.72. The molecule has 70 valence electrons. The molecule has 12 heavy (non-hydrogen) atoms. The first kappa shape index (κ1) is 11.4. The third-order valence-electron chi connectivity index (χ3n) is 2.20. The molecule has 0 aromatic rings. The summed E-state index contributed by atoms with van der Waals surface area (Å²) in [6.07, 6.45) is 4.93. The molecular weight excluding hydrogens is 148 g/mol. The lowest BCUT2D eigenvalue weighted by atomic mass is 9.86. The van der Waals surface area contributed by atoms with E-state index >= 15 is 0 Å². The van der Waals surface area contributed by atoms with Gasteiger partial charge in [-0.3, -0.25) is 0 Å². The second-order valence-corrected chi connectivity index (χ2v) is 3.52. The van der Waals surface area contributed by atoms with Crippen molar-refractivity contribution in [2.24, 2.45) is 11.8 Å². The van der Waals surface area contributed by atoms with Crippen LogP contribution in [0, 0.1) is 11.8 Å². The molecule has 0 saturated heterocycles. The van der Waals surface area contributed by atoms with Gasteiger partial charge in [0.1, 0.15) is 0 Å². The van der Waals surface area contributed by atoms with Crippen molar-refractivity contribution in [3.8, 4) is 0 Å². The van der Waals surface area contributed by atoms with Gasteiger partial charge in [0.05, 0.1) is 6.10 Å². The number of hydrogen-bond donors (Lipinski definition) is 1. The third-order valence-corrected chi connectivity index (χ3v) is 2.20. The Morgan fingerprint density at radius 3 is 2.00 bits per heavy atom. The van der Waals surface area contributed by atoms with Crippen molar-refractivity contribution < 1.29 is 5.11 Å². The quantitative estimate of drug-likeness (QED) is 0.605. The molecule has 0 aromatic heterocycles. The van der Waals surface area contributed by atoms with Crippen molar-refractivity contribution in [2.75, 3.05) is 0 Å². The van der Waals surface area contributed by atoms with Gasteiger partial charge in [-0.05, 0) is 24.7 Å². The molecule has 1 N–H and O–H groups in total. The standard InChI is InChI=1S/C11H20O/c1-5-7-10(9(3)4)11(12)8-6-2/h5-6,9-12H,1-2,7-8H2,3-4H3/t10?,11-/m0/s1. The first-order valence-electron chi connectivity index (χ1n) is 4.53. The van der Waals surface area contributed by atoms with Crippen LogP contribution in [0.5, 0.6) is 0 Å². The van der Waals surface area contributed by atoms with E-state index in [4.69, 9.17) is 0 Å². The van der Waals surface area contributed by atoms with Crippen LogP contribution in [0.4, 0.5) is 0 Å².